The molecule has 19 heavy (non-hydrogen) atoms. The number of aryl methyl sites for hydroxylation is 1. The molecule has 1 aromatic carbocycles. The molecule has 0 fully saturated rings. The number of rotatable bonds is 8. The molecule has 0 saturated carbocycles. The molecule has 0 aliphatic heterocycles. The Morgan fingerprint density at radius 3 is 2.53 bits per heavy atom. The van der Waals surface area contributed by atoms with Gasteiger partial charge in [-0.15, -0.1) is 12.4 Å². The predicted octanol–water partition coefficient (Wildman–Crippen LogP) is 1.91. The zero-order chi connectivity index (χ0) is 13.2. The second-order valence-corrected chi connectivity index (χ2v) is 4.25. The molecule has 108 valence electrons. The number of ether oxygens (including phenoxy) is 1. The van der Waals surface area contributed by atoms with Gasteiger partial charge >= 0.3 is 0 Å². The first-order valence-corrected chi connectivity index (χ1v) is 6.33. The van der Waals surface area contributed by atoms with Crippen molar-refractivity contribution in [2.45, 2.75) is 19.8 Å². The summed E-state index contributed by atoms with van der Waals surface area (Å²) in [4.78, 5) is 11.1. The molecule has 2 N–H and O–H groups in total. The molecule has 0 aliphatic rings. The third kappa shape index (κ3) is 8.46. The largest absolute Gasteiger partial charge is 0.494 e. The van der Waals surface area contributed by atoms with Gasteiger partial charge in [-0.3, -0.25) is 4.79 Å². The molecule has 0 aromatic heterocycles. The normalized spacial score (nSPS) is 9.58. The van der Waals surface area contributed by atoms with E-state index in [1.54, 1.807) is 7.05 Å². The Morgan fingerprint density at radius 1 is 1.21 bits per heavy atom. The molecule has 4 nitrogen and oxygen atoms in total. The summed E-state index contributed by atoms with van der Waals surface area (Å²) in [5.41, 5.74) is 1.23. The molecule has 1 rings (SSSR count). The predicted molar refractivity (Wildman–Crippen MR) is 80.1 cm³/mol. The van der Waals surface area contributed by atoms with E-state index in [-0.39, 0.29) is 18.3 Å². The fourth-order valence-electron chi connectivity index (χ4n) is 1.50. The maximum atomic E-state index is 11.1. The highest BCUT2D eigenvalue weighted by Gasteiger charge is 1.97. The molecule has 5 heteroatoms. The Bertz CT molecular complexity index is 355. The lowest BCUT2D eigenvalue weighted by atomic mass is 10.2. The summed E-state index contributed by atoms with van der Waals surface area (Å²) >= 11 is 0. The van der Waals surface area contributed by atoms with E-state index in [1.807, 2.05) is 24.3 Å². The van der Waals surface area contributed by atoms with Gasteiger partial charge in [0, 0.05) is 6.54 Å². The Morgan fingerprint density at radius 2 is 1.89 bits per heavy atom. The van der Waals surface area contributed by atoms with Gasteiger partial charge in [-0.25, -0.2) is 0 Å². The van der Waals surface area contributed by atoms with Crippen LogP contribution in [-0.4, -0.2) is 32.7 Å². The van der Waals surface area contributed by atoms with Crippen molar-refractivity contribution in [3.63, 3.8) is 0 Å². The number of unbranched alkanes of at least 4 members (excludes halogenated alkanes) is 1. The number of benzene rings is 1. The molecule has 0 aliphatic carbocycles. The highest BCUT2D eigenvalue weighted by Crippen LogP contribution is 2.11. The number of halogens is 1. The number of amides is 1. The van der Waals surface area contributed by atoms with Crippen molar-refractivity contribution in [1.29, 1.82) is 0 Å². The standard InChI is InChI=1S/C14H22N2O2.ClH/c1-12-5-7-13(8-6-12)18-10-4-3-9-16-14(17)11-15-2;/h5-8,15H,3-4,9-11H2,1-2H3,(H,16,17);1H. The first-order valence-electron chi connectivity index (χ1n) is 6.33. The smallest absolute Gasteiger partial charge is 0.233 e. The van der Waals surface area contributed by atoms with Crippen LogP contribution in [0, 0.1) is 6.92 Å². The minimum absolute atomic E-state index is 0. The van der Waals surface area contributed by atoms with Gasteiger partial charge in [0.05, 0.1) is 13.2 Å². The number of nitrogens with one attached hydrogen (secondary N) is 2. The molecule has 1 amide bonds. The van der Waals surface area contributed by atoms with Crippen LogP contribution in [0.15, 0.2) is 24.3 Å². The van der Waals surface area contributed by atoms with Gasteiger partial charge in [0.15, 0.2) is 0 Å². The van der Waals surface area contributed by atoms with Crippen LogP contribution in [0.1, 0.15) is 18.4 Å². The lowest BCUT2D eigenvalue weighted by molar-refractivity contribution is -0.120. The Balaban J connectivity index is 0.00000324. The van der Waals surface area contributed by atoms with Crippen molar-refractivity contribution in [2.24, 2.45) is 0 Å². The summed E-state index contributed by atoms with van der Waals surface area (Å²) in [5, 5.41) is 5.64. The lowest BCUT2D eigenvalue weighted by Crippen LogP contribution is -2.32. The van der Waals surface area contributed by atoms with Crippen LogP contribution >= 0.6 is 12.4 Å². The zero-order valence-corrected chi connectivity index (χ0v) is 12.4. The summed E-state index contributed by atoms with van der Waals surface area (Å²) in [6, 6.07) is 8.02. The third-order valence-electron chi connectivity index (χ3n) is 2.52. The van der Waals surface area contributed by atoms with Crippen LogP contribution in [0.2, 0.25) is 0 Å². The summed E-state index contributed by atoms with van der Waals surface area (Å²) < 4.78 is 5.59. The molecule has 0 atom stereocenters. The van der Waals surface area contributed by atoms with E-state index in [4.69, 9.17) is 4.74 Å². The highest BCUT2D eigenvalue weighted by molar-refractivity contribution is 5.85. The fourth-order valence-corrected chi connectivity index (χ4v) is 1.50. The van der Waals surface area contributed by atoms with Crippen LogP contribution in [-0.2, 0) is 4.79 Å². The average molecular weight is 287 g/mol. The van der Waals surface area contributed by atoms with E-state index in [1.165, 1.54) is 5.56 Å². The molecule has 0 saturated heterocycles. The monoisotopic (exact) mass is 286 g/mol. The van der Waals surface area contributed by atoms with Crippen LogP contribution < -0.4 is 15.4 Å². The van der Waals surface area contributed by atoms with Gasteiger partial charge in [0.25, 0.3) is 0 Å². The van der Waals surface area contributed by atoms with E-state index >= 15 is 0 Å². The maximum Gasteiger partial charge on any atom is 0.233 e. The average Bonchev–Trinajstić information content (AvgIpc) is 2.36. The zero-order valence-electron chi connectivity index (χ0n) is 11.6. The molecule has 0 bridgehead atoms. The lowest BCUT2D eigenvalue weighted by Gasteiger charge is -2.07. The molecular weight excluding hydrogens is 264 g/mol. The molecule has 0 radical (unpaired) electrons. The summed E-state index contributed by atoms with van der Waals surface area (Å²) in [6.07, 6.45) is 1.87. The van der Waals surface area contributed by atoms with Crippen LogP contribution in [0.5, 0.6) is 5.75 Å². The number of likely N-dealkylation sites (N-methyl/N-ethyl adjacent to an activating group) is 1. The van der Waals surface area contributed by atoms with Crippen molar-refractivity contribution >= 4 is 18.3 Å². The van der Waals surface area contributed by atoms with Crippen LogP contribution in [0.3, 0.4) is 0 Å². The van der Waals surface area contributed by atoms with E-state index in [2.05, 4.69) is 17.6 Å². The molecule has 0 unspecified atom stereocenters. The minimum Gasteiger partial charge on any atom is -0.494 e. The van der Waals surface area contributed by atoms with Gasteiger partial charge in [-0.2, -0.15) is 0 Å². The topological polar surface area (TPSA) is 50.4 Å². The first kappa shape index (κ1) is 17.7. The van der Waals surface area contributed by atoms with Gasteiger partial charge in [-0.05, 0) is 38.9 Å². The summed E-state index contributed by atoms with van der Waals surface area (Å²) in [6.45, 7) is 3.82. The fraction of sp³-hybridized carbons (Fsp3) is 0.500. The first-order chi connectivity index (χ1) is 8.72. The van der Waals surface area contributed by atoms with Gasteiger partial charge in [0.1, 0.15) is 5.75 Å². The van der Waals surface area contributed by atoms with E-state index < -0.39 is 0 Å². The van der Waals surface area contributed by atoms with Gasteiger partial charge < -0.3 is 15.4 Å². The summed E-state index contributed by atoms with van der Waals surface area (Å²) in [7, 11) is 1.76. The number of hydrogen-bond acceptors (Lipinski definition) is 3. The molecule has 0 spiro atoms. The van der Waals surface area contributed by atoms with E-state index in [0.29, 0.717) is 19.7 Å². The maximum absolute atomic E-state index is 11.1. The Labute approximate surface area is 121 Å². The third-order valence-corrected chi connectivity index (χ3v) is 2.52. The van der Waals surface area contributed by atoms with Crippen molar-refractivity contribution in [2.75, 3.05) is 26.7 Å². The van der Waals surface area contributed by atoms with Crippen molar-refractivity contribution in [3.05, 3.63) is 29.8 Å². The quantitative estimate of drug-likeness (QED) is 0.718. The second kappa shape index (κ2) is 10.6. The van der Waals surface area contributed by atoms with Crippen LogP contribution in [0.25, 0.3) is 0 Å². The van der Waals surface area contributed by atoms with Crippen molar-refractivity contribution < 1.29 is 9.53 Å². The highest BCUT2D eigenvalue weighted by atomic mass is 35.5. The van der Waals surface area contributed by atoms with Crippen LogP contribution in [0.4, 0.5) is 0 Å². The SMILES string of the molecule is CNCC(=O)NCCCCOc1ccc(C)cc1.Cl. The van der Waals surface area contributed by atoms with Crippen molar-refractivity contribution in [3.8, 4) is 5.75 Å². The molecule has 1 aromatic rings. The minimum atomic E-state index is 0. The number of hydrogen-bond donors (Lipinski definition) is 2. The molecular formula is C14H23ClN2O2. The Kier molecular flexibility index (Phi) is 9.94. The Hall–Kier alpha value is -1.26. The van der Waals surface area contributed by atoms with E-state index in [9.17, 15) is 4.79 Å². The molecule has 0 heterocycles. The number of carbonyl (C=O) groups is 1. The second-order valence-electron chi connectivity index (χ2n) is 4.25. The number of carbonyl (C=O) groups excluding carboxylic acids is 1. The summed E-state index contributed by atoms with van der Waals surface area (Å²) in [5.74, 6) is 0.941. The van der Waals surface area contributed by atoms with Gasteiger partial charge in [0.2, 0.25) is 5.91 Å². The van der Waals surface area contributed by atoms with Crippen molar-refractivity contribution in [1.82, 2.24) is 10.6 Å². The van der Waals surface area contributed by atoms with Gasteiger partial charge in [-0.1, -0.05) is 17.7 Å². The van der Waals surface area contributed by atoms with E-state index in [0.717, 1.165) is 18.6 Å².